The molecule has 20 heavy (non-hydrogen) atoms. The molecule has 0 saturated carbocycles. The van der Waals surface area contributed by atoms with E-state index in [1.165, 1.54) is 0 Å². The number of hydrogen-bond acceptors (Lipinski definition) is 2. The van der Waals surface area contributed by atoms with Gasteiger partial charge in [0.2, 0.25) is 0 Å². The Labute approximate surface area is 132 Å². The van der Waals surface area contributed by atoms with Gasteiger partial charge in [0, 0.05) is 28.3 Å². The first-order valence-electron chi connectivity index (χ1n) is 7.64. The van der Waals surface area contributed by atoms with E-state index in [9.17, 15) is 5.11 Å². The summed E-state index contributed by atoms with van der Waals surface area (Å²) in [5.74, 6) is 0.594. The first-order valence-corrected chi connectivity index (χ1v) is 8.44. The predicted octanol–water partition coefficient (Wildman–Crippen LogP) is 5.15. The van der Waals surface area contributed by atoms with Gasteiger partial charge in [-0.05, 0) is 37.8 Å². The van der Waals surface area contributed by atoms with Crippen molar-refractivity contribution in [3.05, 3.63) is 28.2 Å². The van der Waals surface area contributed by atoms with E-state index in [2.05, 4.69) is 54.6 Å². The average molecular weight is 342 g/mol. The number of aliphatic hydroxyl groups is 1. The standard InChI is InChI=1S/C17H28BrNO/c1-6-15(7-2)19(11-12(3)4)17-10-14(18)8-9-16(17)13(5)20/h8-10,12-13,15,20H,6-7,11H2,1-5H3. The number of nitrogens with zero attached hydrogens (tertiary/aromatic N) is 1. The van der Waals surface area contributed by atoms with Crippen LogP contribution in [0.1, 0.15) is 59.1 Å². The monoisotopic (exact) mass is 341 g/mol. The normalized spacial score (nSPS) is 13.1. The molecular weight excluding hydrogens is 314 g/mol. The average Bonchev–Trinajstić information content (AvgIpc) is 2.38. The Morgan fingerprint density at radius 2 is 1.75 bits per heavy atom. The molecule has 0 radical (unpaired) electrons. The minimum Gasteiger partial charge on any atom is -0.389 e. The van der Waals surface area contributed by atoms with Gasteiger partial charge in [-0.1, -0.05) is 49.7 Å². The molecule has 0 saturated heterocycles. The summed E-state index contributed by atoms with van der Waals surface area (Å²) in [6.45, 7) is 11.8. The minimum absolute atomic E-state index is 0.442. The SMILES string of the molecule is CCC(CC)N(CC(C)C)c1cc(Br)ccc1C(C)O. The molecule has 2 nitrogen and oxygen atoms in total. The first kappa shape index (κ1) is 17.5. The van der Waals surface area contributed by atoms with E-state index < -0.39 is 6.10 Å². The lowest BCUT2D eigenvalue weighted by atomic mass is 10.0. The molecular formula is C17H28BrNO. The highest BCUT2D eigenvalue weighted by Gasteiger charge is 2.21. The lowest BCUT2D eigenvalue weighted by molar-refractivity contribution is 0.199. The summed E-state index contributed by atoms with van der Waals surface area (Å²) in [6.07, 6.45) is 1.80. The van der Waals surface area contributed by atoms with Crippen molar-refractivity contribution in [1.82, 2.24) is 0 Å². The third kappa shape index (κ3) is 4.49. The highest BCUT2D eigenvalue weighted by Crippen LogP contribution is 2.32. The molecule has 0 aliphatic rings. The molecule has 3 heteroatoms. The van der Waals surface area contributed by atoms with Crippen LogP contribution in [0.5, 0.6) is 0 Å². The summed E-state index contributed by atoms with van der Waals surface area (Å²) in [7, 11) is 0. The maximum Gasteiger partial charge on any atom is 0.0782 e. The van der Waals surface area contributed by atoms with E-state index in [-0.39, 0.29) is 0 Å². The Kier molecular flexibility index (Phi) is 7.04. The van der Waals surface area contributed by atoms with Crippen LogP contribution in [-0.4, -0.2) is 17.7 Å². The van der Waals surface area contributed by atoms with E-state index in [0.29, 0.717) is 12.0 Å². The van der Waals surface area contributed by atoms with Gasteiger partial charge in [-0.2, -0.15) is 0 Å². The van der Waals surface area contributed by atoms with Crippen LogP contribution >= 0.6 is 15.9 Å². The smallest absolute Gasteiger partial charge is 0.0782 e. The third-order valence-corrected chi connectivity index (χ3v) is 4.19. The van der Waals surface area contributed by atoms with Crippen molar-refractivity contribution >= 4 is 21.6 Å². The second kappa shape index (κ2) is 8.04. The maximum atomic E-state index is 10.1. The van der Waals surface area contributed by atoms with E-state index in [0.717, 1.165) is 35.1 Å². The first-order chi connectivity index (χ1) is 9.40. The summed E-state index contributed by atoms with van der Waals surface area (Å²) in [5, 5.41) is 10.1. The quantitative estimate of drug-likeness (QED) is 0.740. The van der Waals surface area contributed by atoms with Crippen LogP contribution in [0.2, 0.25) is 0 Å². The third-order valence-electron chi connectivity index (χ3n) is 3.70. The molecule has 1 unspecified atom stereocenters. The van der Waals surface area contributed by atoms with E-state index in [4.69, 9.17) is 0 Å². The predicted molar refractivity (Wildman–Crippen MR) is 91.3 cm³/mol. The molecule has 0 aliphatic heterocycles. The number of rotatable bonds is 7. The molecule has 0 bridgehead atoms. The molecule has 0 aromatic heterocycles. The van der Waals surface area contributed by atoms with E-state index >= 15 is 0 Å². The number of benzene rings is 1. The van der Waals surface area contributed by atoms with Gasteiger partial charge in [0.15, 0.2) is 0 Å². The Morgan fingerprint density at radius 1 is 1.15 bits per heavy atom. The Hall–Kier alpha value is -0.540. The van der Waals surface area contributed by atoms with Gasteiger partial charge in [-0.3, -0.25) is 0 Å². The Bertz CT molecular complexity index is 413. The lowest BCUT2D eigenvalue weighted by Crippen LogP contribution is -2.38. The summed E-state index contributed by atoms with van der Waals surface area (Å²) in [4.78, 5) is 2.47. The molecule has 0 aliphatic carbocycles. The van der Waals surface area contributed by atoms with Crippen molar-refractivity contribution in [3.63, 3.8) is 0 Å². The van der Waals surface area contributed by atoms with Crippen molar-refractivity contribution in [3.8, 4) is 0 Å². The van der Waals surface area contributed by atoms with Crippen LogP contribution in [0.15, 0.2) is 22.7 Å². The van der Waals surface area contributed by atoms with Crippen LogP contribution in [0.25, 0.3) is 0 Å². The van der Waals surface area contributed by atoms with E-state index in [1.807, 2.05) is 19.1 Å². The summed E-state index contributed by atoms with van der Waals surface area (Å²) >= 11 is 3.56. The minimum atomic E-state index is -0.442. The maximum absolute atomic E-state index is 10.1. The van der Waals surface area contributed by atoms with Gasteiger partial charge in [0.05, 0.1) is 6.10 Å². The second-order valence-corrected chi connectivity index (χ2v) is 6.81. The Balaban J connectivity index is 3.27. The van der Waals surface area contributed by atoms with Crippen molar-refractivity contribution in [1.29, 1.82) is 0 Å². The van der Waals surface area contributed by atoms with Gasteiger partial charge >= 0.3 is 0 Å². The number of anilines is 1. The van der Waals surface area contributed by atoms with Crippen LogP contribution in [0.3, 0.4) is 0 Å². The van der Waals surface area contributed by atoms with Crippen molar-refractivity contribution < 1.29 is 5.11 Å². The number of halogens is 1. The van der Waals surface area contributed by atoms with Gasteiger partial charge in [-0.25, -0.2) is 0 Å². The van der Waals surface area contributed by atoms with E-state index in [1.54, 1.807) is 0 Å². The fourth-order valence-corrected chi connectivity index (χ4v) is 3.03. The molecule has 0 spiro atoms. The fourth-order valence-electron chi connectivity index (χ4n) is 2.69. The highest BCUT2D eigenvalue weighted by atomic mass is 79.9. The molecule has 0 amide bonds. The van der Waals surface area contributed by atoms with Crippen molar-refractivity contribution in [2.45, 2.75) is 59.6 Å². The zero-order valence-electron chi connectivity index (χ0n) is 13.4. The number of aliphatic hydroxyl groups excluding tert-OH is 1. The van der Waals surface area contributed by atoms with Crippen molar-refractivity contribution in [2.24, 2.45) is 5.92 Å². The van der Waals surface area contributed by atoms with Crippen LogP contribution in [0.4, 0.5) is 5.69 Å². The summed E-state index contributed by atoms with van der Waals surface area (Å²) in [6, 6.07) is 6.69. The highest BCUT2D eigenvalue weighted by molar-refractivity contribution is 9.10. The molecule has 1 N–H and O–H groups in total. The molecule has 1 aromatic rings. The summed E-state index contributed by atoms with van der Waals surface area (Å²) in [5.41, 5.74) is 2.18. The molecule has 0 fully saturated rings. The van der Waals surface area contributed by atoms with Crippen LogP contribution in [-0.2, 0) is 0 Å². The fraction of sp³-hybridized carbons (Fsp3) is 0.647. The molecule has 1 atom stereocenters. The molecule has 114 valence electrons. The Morgan fingerprint density at radius 3 is 2.20 bits per heavy atom. The van der Waals surface area contributed by atoms with Crippen LogP contribution in [0, 0.1) is 5.92 Å². The zero-order chi connectivity index (χ0) is 15.3. The van der Waals surface area contributed by atoms with Gasteiger partial charge < -0.3 is 10.0 Å². The van der Waals surface area contributed by atoms with Gasteiger partial charge in [0.1, 0.15) is 0 Å². The van der Waals surface area contributed by atoms with Gasteiger partial charge in [-0.15, -0.1) is 0 Å². The topological polar surface area (TPSA) is 23.5 Å². The molecule has 0 heterocycles. The lowest BCUT2D eigenvalue weighted by Gasteiger charge is -2.36. The zero-order valence-corrected chi connectivity index (χ0v) is 14.9. The molecule has 1 rings (SSSR count). The second-order valence-electron chi connectivity index (χ2n) is 5.90. The van der Waals surface area contributed by atoms with Crippen LogP contribution < -0.4 is 4.90 Å². The number of hydrogen-bond donors (Lipinski definition) is 1. The van der Waals surface area contributed by atoms with Crippen molar-refractivity contribution in [2.75, 3.05) is 11.4 Å². The van der Waals surface area contributed by atoms with Gasteiger partial charge in [0.25, 0.3) is 0 Å². The molecule has 1 aromatic carbocycles. The summed E-state index contributed by atoms with van der Waals surface area (Å²) < 4.78 is 1.07. The largest absolute Gasteiger partial charge is 0.389 e.